The summed E-state index contributed by atoms with van der Waals surface area (Å²) < 4.78 is 35.8. The number of hydrogen-bond donors (Lipinski definition) is 1. The molecule has 1 heterocycles. The molecule has 0 fully saturated rings. The maximum atomic E-state index is 11.8. The third-order valence-electron chi connectivity index (χ3n) is 1.04. The number of nitrogens with zero attached hydrogens (tertiary/aromatic N) is 1. The molecule has 1 rings (SSSR count). The summed E-state index contributed by atoms with van der Waals surface area (Å²) in [5.74, 6) is 0. The van der Waals surface area contributed by atoms with E-state index in [1.165, 1.54) is 5.38 Å². The standard InChI is InChI=1S/C5H3BrF3NOS/c6-2-1-12-4(10-2)3(11)5(7,8)9/h1,3,11H. The molecule has 0 spiro atoms. The number of aliphatic hydroxyl groups is 1. The molecule has 7 heteroatoms. The second kappa shape index (κ2) is 3.31. The van der Waals surface area contributed by atoms with Crippen molar-refractivity contribution in [3.8, 4) is 0 Å². The Bertz CT molecular complexity index is 274. The Morgan fingerprint density at radius 2 is 2.17 bits per heavy atom. The van der Waals surface area contributed by atoms with Crippen LogP contribution in [0, 0.1) is 0 Å². The van der Waals surface area contributed by atoms with Gasteiger partial charge in [-0.2, -0.15) is 13.2 Å². The largest absolute Gasteiger partial charge is 0.420 e. The molecule has 1 aromatic heterocycles. The first-order chi connectivity index (χ1) is 5.41. The molecular formula is C5H3BrF3NOS. The molecule has 0 bridgehead atoms. The zero-order chi connectivity index (χ0) is 9.35. The van der Waals surface area contributed by atoms with Gasteiger partial charge in [0.2, 0.25) is 6.10 Å². The smallest absolute Gasteiger partial charge is 0.377 e. The van der Waals surface area contributed by atoms with Gasteiger partial charge >= 0.3 is 6.18 Å². The Morgan fingerprint density at radius 1 is 1.58 bits per heavy atom. The molecule has 0 radical (unpaired) electrons. The molecule has 68 valence electrons. The number of thiazole rings is 1. The fraction of sp³-hybridized carbons (Fsp3) is 0.400. The fourth-order valence-corrected chi connectivity index (χ4v) is 1.81. The average Bonchev–Trinajstić information content (AvgIpc) is 2.32. The SMILES string of the molecule is OC(c1nc(Br)cs1)C(F)(F)F. The maximum Gasteiger partial charge on any atom is 0.420 e. The van der Waals surface area contributed by atoms with E-state index in [2.05, 4.69) is 20.9 Å². The molecular weight excluding hydrogens is 259 g/mol. The predicted octanol–water partition coefficient (Wildman–Crippen LogP) is 2.50. The van der Waals surface area contributed by atoms with Gasteiger partial charge in [0.15, 0.2) is 0 Å². The van der Waals surface area contributed by atoms with Crippen LogP contribution < -0.4 is 0 Å². The number of halogens is 4. The monoisotopic (exact) mass is 261 g/mol. The van der Waals surface area contributed by atoms with E-state index in [-0.39, 0.29) is 5.01 Å². The van der Waals surface area contributed by atoms with Crippen LogP contribution in [0.3, 0.4) is 0 Å². The average molecular weight is 262 g/mol. The molecule has 1 unspecified atom stereocenters. The van der Waals surface area contributed by atoms with Crippen molar-refractivity contribution in [3.05, 3.63) is 15.0 Å². The number of rotatable bonds is 1. The molecule has 0 saturated heterocycles. The van der Waals surface area contributed by atoms with E-state index in [1.54, 1.807) is 0 Å². The molecule has 0 aliphatic carbocycles. The van der Waals surface area contributed by atoms with E-state index in [9.17, 15) is 13.2 Å². The van der Waals surface area contributed by atoms with Crippen LogP contribution in [0.1, 0.15) is 11.1 Å². The first-order valence-electron chi connectivity index (χ1n) is 2.77. The van der Waals surface area contributed by atoms with Gasteiger partial charge in [0.25, 0.3) is 0 Å². The Hall–Kier alpha value is -0.140. The first kappa shape index (κ1) is 9.94. The van der Waals surface area contributed by atoms with Crippen molar-refractivity contribution in [1.82, 2.24) is 4.98 Å². The molecule has 1 N–H and O–H groups in total. The van der Waals surface area contributed by atoms with Crippen molar-refractivity contribution in [2.75, 3.05) is 0 Å². The van der Waals surface area contributed by atoms with Crippen LogP contribution in [0.2, 0.25) is 0 Å². The van der Waals surface area contributed by atoms with Crippen molar-refractivity contribution < 1.29 is 18.3 Å². The van der Waals surface area contributed by atoms with Crippen molar-refractivity contribution in [1.29, 1.82) is 0 Å². The van der Waals surface area contributed by atoms with Crippen LogP contribution in [0.15, 0.2) is 9.98 Å². The van der Waals surface area contributed by atoms with E-state index in [1.807, 2.05) is 0 Å². The van der Waals surface area contributed by atoms with Crippen LogP contribution in [0.25, 0.3) is 0 Å². The highest BCUT2D eigenvalue weighted by Crippen LogP contribution is 2.34. The lowest BCUT2D eigenvalue weighted by Gasteiger charge is -2.10. The molecule has 0 aliphatic rings. The zero-order valence-corrected chi connectivity index (χ0v) is 7.87. The molecule has 1 aromatic rings. The topological polar surface area (TPSA) is 33.1 Å². The lowest BCUT2D eigenvalue weighted by molar-refractivity contribution is -0.206. The van der Waals surface area contributed by atoms with Crippen molar-refractivity contribution in [3.63, 3.8) is 0 Å². The Labute approximate surface area is 78.2 Å². The summed E-state index contributed by atoms with van der Waals surface area (Å²) in [6.07, 6.45) is -7.12. The quantitative estimate of drug-likeness (QED) is 0.843. The number of alkyl halides is 3. The molecule has 0 amide bonds. The van der Waals surface area contributed by atoms with E-state index >= 15 is 0 Å². The van der Waals surface area contributed by atoms with Crippen molar-refractivity contribution in [2.24, 2.45) is 0 Å². The zero-order valence-electron chi connectivity index (χ0n) is 5.47. The molecule has 0 aromatic carbocycles. The normalized spacial score (nSPS) is 14.8. The highest BCUT2D eigenvalue weighted by atomic mass is 79.9. The summed E-state index contributed by atoms with van der Waals surface area (Å²) >= 11 is 3.64. The number of hydrogen-bond acceptors (Lipinski definition) is 3. The Balaban J connectivity index is 2.85. The molecule has 12 heavy (non-hydrogen) atoms. The summed E-state index contributed by atoms with van der Waals surface area (Å²) in [6.45, 7) is 0. The van der Waals surface area contributed by atoms with Gasteiger partial charge in [-0.3, -0.25) is 0 Å². The Morgan fingerprint density at radius 3 is 2.50 bits per heavy atom. The minimum absolute atomic E-state index is 0.297. The molecule has 0 saturated carbocycles. The highest BCUT2D eigenvalue weighted by molar-refractivity contribution is 9.10. The van der Waals surface area contributed by atoms with Crippen molar-refractivity contribution >= 4 is 27.3 Å². The van der Waals surface area contributed by atoms with Crippen LogP contribution in [-0.4, -0.2) is 16.3 Å². The van der Waals surface area contributed by atoms with Gasteiger partial charge in [0.1, 0.15) is 9.61 Å². The van der Waals surface area contributed by atoms with Crippen LogP contribution in [0.5, 0.6) is 0 Å². The Kier molecular flexibility index (Phi) is 2.74. The molecule has 0 aliphatic heterocycles. The van der Waals surface area contributed by atoms with Gasteiger partial charge in [0.05, 0.1) is 0 Å². The van der Waals surface area contributed by atoms with Gasteiger partial charge in [0, 0.05) is 5.38 Å². The van der Waals surface area contributed by atoms with Gasteiger partial charge in [-0.1, -0.05) is 0 Å². The summed E-state index contributed by atoms with van der Waals surface area (Å²) in [5, 5.41) is 9.70. The minimum atomic E-state index is -4.64. The van der Waals surface area contributed by atoms with Crippen molar-refractivity contribution in [2.45, 2.75) is 12.3 Å². The third-order valence-corrected chi connectivity index (χ3v) is 2.64. The lowest BCUT2D eigenvalue weighted by atomic mass is 10.4. The van der Waals surface area contributed by atoms with E-state index < -0.39 is 12.3 Å². The second-order valence-electron chi connectivity index (χ2n) is 1.95. The second-order valence-corrected chi connectivity index (χ2v) is 3.65. The fourth-order valence-electron chi connectivity index (χ4n) is 0.533. The van der Waals surface area contributed by atoms with Gasteiger partial charge in [-0.05, 0) is 15.9 Å². The van der Waals surface area contributed by atoms with Gasteiger partial charge in [-0.15, -0.1) is 11.3 Å². The first-order valence-corrected chi connectivity index (χ1v) is 4.44. The summed E-state index contributed by atoms with van der Waals surface area (Å²) in [6, 6.07) is 0. The summed E-state index contributed by atoms with van der Waals surface area (Å²) in [5.41, 5.74) is 0. The van der Waals surface area contributed by atoms with E-state index in [0.717, 1.165) is 11.3 Å². The van der Waals surface area contributed by atoms with Gasteiger partial charge in [-0.25, -0.2) is 4.98 Å². The van der Waals surface area contributed by atoms with E-state index in [4.69, 9.17) is 5.11 Å². The maximum absolute atomic E-state index is 11.8. The highest BCUT2D eigenvalue weighted by Gasteiger charge is 2.41. The van der Waals surface area contributed by atoms with E-state index in [0.29, 0.717) is 4.60 Å². The summed E-state index contributed by atoms with van der Waals surface area (Å²) in [4.78, 5) is 3.44. The lowest BCUT2D eigenvalue weighted by Crippen LogP contribution is -2.19. The minimum Gasteiger partial charge on any atom is -0.377 e. The number of aliphatic hydroxyl groups excluding tert-OH is 1. The number of aromatic nitrogens is 1. The van der Waals surface area contributed by atoms with Crippen LogP contribution in [-0.2, 0) is 0 Å². The van der Waals surface area contributed by atoms with Gasteiger partial charge < -0.3 is 5.11 Å². The molecule has 2 nitrogen and oxygen atoms in total. The van der Waals surface area contributed by atoms with Crippen LogP contribution >= 0.6 is 27.3 Å². The van der Waals surface area contributed by atoms with Crippen LogP contribution in [0.4, 0.5) is 13.2 Å². The third kappa shape index (κ3) is 2.18. The predicted molar refractivity (Wildman–Crippen MR) is 40.8 cm³/mol. The molecule has 1 atom stereocenters. The summed E-state index contributed by atoms with van der Waals surface area (Å²) in [7, 11) is 0.